The number of nitrogens with one attached hydrogen (secondary N) is 1. The van der Waals surface area contributed by atoms with E-state index in [0.29, 0.717) is 6.54 Å². The van der Waals surface area contributed by atoms with Gasteiger partial charge in [0, 0.05) is 12.2 Å². The number of carbonyl (C=O) groups is 1. The lowest BCUT2D eigenvalue weighted by Gasteiger charge is -2.33. The van der Waals surface area contributed by atoms with E-state index in [4.69, 9.17) is 0 Å². The number of anilines is 1. The zero-order chi connectivity index (χ0) is 24.7. The first-order valence-corrected chi connectivity index (χ1v) is 12.2. The van der Waals surface area contributed by atoms with Crippen molar-refractivity contribution in [2.45, 2.75) is 45.2 Å². The van der Waals surface area contributed by atoms with Gasteiger partial charge < -0.3 is 10.2 Å². The Labute approximate surface area is 209 Å². The molecule has 1 N–H and O–H groups in total. The molecule has 178 valence electrons. The van der Waals surface area contributed by atoms with Gasteiger partial charge in [-0.05, 0) is 46.2 Å². The third kappa shape index (κ3) is 6.60. The van der Waals surface area contributed by atoms with Crippen LogP contribution >= 0.6 is 0 Å². The van der Waals surface area contributed by atoms with E-state index in [9.17, 15) is 4.79 Å². The van der Waals surface area contributed by atoms with E-state index in [2.05, 4.69) is 86.8 Å². The molecule has 1 unspecified atom stereocenters. The number of hydrogen-bond acceptors (Lipinski definition) is 1. The summed E-state index contributed by atoms with van der Waals surface area (Å²) in [4.78, 5) is 15.7. The van der Waals surface area contributed by atoms with Gasteiger partial charge in [-0.3, -0.25) is 0 Å². The van der Waals surface area contributed by atoms with Crippen molar-refractivity contribution in [3.8, 4) is 0 Å². The van der Waals surface area contributed by atoms with Gasteiger partial charge in [0.25, 0.3) is 0 Å². The lowest BCUT2D eigenvalue weighted by molar-refractivity contribution is 0.183. The van der Waals surface area contributed by atoms with Crippen LogP contribution < -0.4 is 5.32 Å². The van der Waals surface area contributed by atoms with Gasteiger partial charge >= 0.3 is 6.03 Å². The van der Waals surface area contributed by atoms with E-state index in [1.165, 1.54) is 11.1 Å². The van der Waals surface area contributed by atoms with Gasteiger partial charge in [0.05, 0.1) is 6.04 Å². The number of urea groups is 1. The SMILES string of the molecule is CC(C)(C)c1ccc(CN(C(=O)Nc2ccccc2)C(Cc2ccccc2)c2ccccc2)cc1. The molecule has 0 aliphatic carbocycles. The minimum atomic E-state index is -0.121. The average Bonchev–Trinajstić information content (AvgIpc) is 2.87. The number of nitrogens with zero attached hydrogens (tertiary/aromatic N) is 1. The summed E-state index contributed by atoms with van der Waals surface area (Å²) in [5, 5.41) is 3.12. The van der Waals surface area contributed by atoms with Crippen LogP contribution in [0.3, 0.4) is 0 Å². The molecule has 3 nitrogen and oxygen atoms in total. The fourth-order valence-electron chi connectivity index (χ4n) is 4.27. The number of para-hydroxylation sites is 1. The maximum absolute atomic E-state index is 13.8. The second kappa shape index (κ2) is 11.1. The molecule has 35 heavy (non-hydrogen) atoms. The molecule has 2 amide bonds. The number of amides is 2. The van der Waals surface area contributed by atoms with Gasteiger partial charge in [-0.2, -0.15) is 0 Å². The minimum absolute atomic E-state index is 0.0861. The number of rotatable bonds is 7. The Balaban J connectivity index is 1.70. The lowest BCUT2D eigenvalue weighted by Crippen LogP contribution is -2.38. The molecule has 0 fully saturated rings. The highest BCUT2D eigenvalue weighted by atomic mass is 16.2. The number of benzene rings is 4. The smallest absolute Gasteiger partial charge is 0.313 e. The summed E-state index contributed by atoms with van der Waals surface area (Å²) in [5.74, 6) is 0. The van der Waals surface area contributed by atoms with Crippen LogP contribution in [0.4, 0.5) is 10.5 Å². The highest BCUT2D eigenvalue weighted by Crippen LogP contribution is 2.29. The molecule has 0 aliphatic heterocycles. The summed E-state index contributed by atoms with van der Waals surface area (Å²) < 4.78 is 0. The second-order valence-electron chi connectivity index (χ2n) is 9.99. The summed E-state index contributed by atoms with van der Waals surface area (Å²) in [6.45, 7) is 7.15. The van der Waals surface area contributed by atoms with Crippen molar-refractivity contribution in [1.29, 1.82) is 0 Å². The first kappa shape index (κ1) is 24.3. The molecule has 0 radical (unpaired) electrons. The summed E-state index contributed by atoms with van der Waals surface area (Å²) in [5.41, 5.74) is 5.58. The topological polar surface area (TPSA) is 32.3 Å². The van der Waals surface area contributed by atoms with Crippen molar-refractivity contribution in [1.82, 2.24) is 4.90 Å². The van der Waals surface area contributed by atoms with Crippen LogP contribution in [-0.2, 0) is 18.4 Å². The summed E-state index contributed by atoms with van der Waals surface area (Å²) >= 11 is 0. The Morgan fingerprint density at radius 3 is 1.83 bits per heavy atom. The Bertz CT molecular complexity index is 1200. The van der Waals surface area contributed by atoms with Crippen molar-refractivity contribution >= 4 is 11.7 Å². The minimum Gasteiger partial charge on any atom is -0.313 e. The van der Waals surface area contributed by atoms with E-state index in [0.717, 1.165) is 23.2 Å². The number of hydrogen-bond donors (Lipinski definition) is 1. The monoisotopic (exact) mass is 462 g/mol. The third-order valence-corrected chi connectivity index (χ3v) is 6.29. The molecule has 0 saturated carbocycles. The molecule has 4 aromatic carbocycles. The zero-order valence-corrected chi connectivity index (χ0v) is 20.8. The van der Waals surface area contributed by atoms with Crippen molar-refractivity contribution in [2.75, 3.05) is 5.32 Å². The number of carbonyl (C=O) groups excluding carboxylic acids is 1. The molecule has 0 heterocycles. The van der Waals surface area contributed by atoms with Crippen LogP contribution in [0.1, 0.15) is 49.1 Å². The van der Waals surface area contributed by atoms with E-state index in [1.807, 2.05) is 59.5 Å². The van der Waals surface area contributed by atoms with Crippen molar-refractivity contribution in [3.63, 3.8) is 0 Å². The predicted octanol–water partition coefficient (Wildman–Crippen LogP) is 8.00. The van der Waals surface area contributed by atoms with Crippen LogP contribution in [0.2, 0.25) is 0 Å². The first-order valence-electron chi connectivity index (χ1n) is 12.2. The average molecular weight is 463 g/mol. The van der Waals surface area contributed by atoms with Crippen LogP contribution in [0.25, 0.3) is 0 Å². The lowest BCUT2D eigenvalue weighted by atomic mass is 9.86. The Hall–Kier alpha value is -3.85. The van der Waals surface area contributed by atoms with E-state index in [1.54, 1.807) is 0 Å². The van der Waals surface area contributed by atoms with Gasteiger partial charge in [-0.1, -0.05) is 124 Å². The van der Waals surface area contributed by atoms with Gasteiger partial charge in [0.2, 0.25) is 0 Å². The second-order valence-corrected chi connectivity index (χ2v) is 9.99. The van der Waals surface area contributed by atoms with Gasteiger partial charge in [-0.15, -0.1) is 0 Å². The normalized spacial score (nSPS) is 12.1. The molecule has 0 bridgehead atoms. The van der Waals surface area contributed by atoms with Crippen LogP contribution in [0.15, 0.2) is 115 Å². The quantitative estimate of drug-likeness (QED) is 0.296. The van der Waals surface area contributed by atoms with E-state index in [-0.39, 0.29) is 17.5 Å². The maximum atomic E-state index is 13.8. The van der Waals surface area contributed by atoms with Gasteiger partial charge in [0.15, 0.2) is 0 Å². The molecule has 0 aliphatic rings. The van der Waals surface area contributed by atoms with E-state index < -0.39 is 0 Å². The first-order chi connectivity index (χ1) is 16.9. The molecule has 3 heteroatoms. The van der Waals surface area contributed by atoms with Crippen molar-refractivity contribution < 1.29 is 4.79 Å². The molecule has 0 saturated heterocycles. The molecule has 4 aromatic rings. The van der Waals surface area contributed by atoms with Crippen LogP contribution in [-0.4, -0.2) is 10.9 Å². The molecule has 0 aromatic heterocycles. The largest absolute Gasteiger partial charge is 0.322 e. The Morgan fingerprint density at radius 2 is 1.26 bits per heavy atom. The zero-order valence-electron chi connectivity index (χ0n) is 20.8. The highest BCUT2D eigenvalue weighted by molar-refractivity contribution is 5.89. The molecule has 1 atom stereocenters. The fraction of sp³-hybridized carbons (Fsp3) is 0.219. The van der Waals surface area contributed by atoms with Crippen molar-refractivity contribution in [2.24, 2.45) is 0 Å². The molecular formula is C32H34N2O. The van der Waals surface area contributed by atoms with Crippen molar-refractivity contribution in [3.05, 3.63) is 138 Å². The standard InChI is InChI=1S/C32H34N2O/c1-32(2,3)28-21-19-26(20-22-28)24-34(31(35)33-29-17-11-6-12-18-29)30(27-15-9-5-10-16-27)23-25-13-7-4-8-14-25/h4-22,30H,23-24H2,1-3H3,(H,33,35). The summed E-state index contributed by atoms with van der Waals surface area (Å²) in [7, 11) is 0. The highest BCUT2D eigenvalue weighted by Gasteiger charge is 2.26. The van der Waals surface area contributed by atoms with Crippen LogP contribution in [0.5, 0.6) is 0 Å². The van der Waals surface area contributed by atoms with E-state index >= 15 is 0 Å². The molecule has 0 spiro atoms. The summed E-state index contributed by atoms with van der Waals surface area (Å²) in [6.07, 6.45) is 0.729. The fourth-order valence-corrected chi connectivity index (χ4v) is 4.27. The predicted molar refractivity (Wildman–Crippen MR) is 145 cm³/mol. The third-order valence-electron chi connectivity index (χ3n) is 6.29. The van der Waals surface area contributed by atoms with Crippen LogP contribution in [0, 0.1) is 0 Å². The molecule has 4 rings (SSSR count). The Kier molecular flexibility index (Phi) is 7.67. The van der Waals surface area contributed by atoms with Gasteiger partial charge in [0.1, 0.15) is 0 Å². The maximum Gasteiger partial charge on any atom is 0.322 e. The summed E-state index contributed by atoms with van der Waals surface area (Å²) in [6, 6.07) is 38.8. The van der Waals surface area contributed by atoms with Gasteiger partial charge in [-0.25, -0.2) is 4.79 Å². The Morgan fingerprint density at radius 1 is 0.714 bits per heavy atom. The molecular weight excluding hydrogens is 428 g/mol.